The molecule has 0 saturated heterocycles. The molecule has 6 rings (SSSR count). The van der Waals surface area contributed by atoms with Gasteiger partial charge in [-0.2, -0.15) is 0 Å². The summed E-state index contributed by atoms with van der Waals surface area (Å²) in [7, 11) is 0. The fourth-order valence-corrected chi connectivity index (χ4v) is 4.56. The average molecular weight is 385 g/mol. The number of benzene rings is 4. The Labute approximate surface area is 165 Å². The first-order valence-electron chi connectivity index (χ1n) is 9.16. The van der Waals surface area contributed by atoms with E-state index in [1.807, 2.05) is 36.4 Å². The second-order valence-corrected chi connectivity index (χ2v) is 7.57. The van der Waals surface area contributed by atoms with E-state index in [1.54, 1.807) is 6.07 Å². The largest absolute Gasteiger partial charge is 0.319 e. The summed E-state index contributed by atoms with van der Waals surface area (Å²) in [5.41, 5.74) is 5.38. The molecule has 5 aromatic rings. The zero-order valence-corrected chi connectivity index (χ0v) is 15.5. The van der Waals surface area contributed by atoms with E-state index in [2.05, 4.69) is 28.8 Å². The van der Waals surface area contributed by atoms with E-state index in [0.29, 0.717) is 17.1 Å². The lowest BCUT2D eigenvalue weighted by molar-refractivity contribution is 0.602. The van der Waals surface area contributed by atoms with Gasteiger partial charge in [0.05, 0.1) is 17.6 Å². The molecule has 134 valence electrons. The average Bonchev–Trinajstić information content (AvgIpc) is 3.07. The van der Waals surface area contributed by atoms with Crippen molar-refractivity contribution >= 4 is 33.4 Å². The Kier molecular flexibility index (Phi) is 3.21. The Balaban J connectivity index is 1.75. The normalized spacial score (nSPS) is 12.5. The van der Waals surface area contributed by atoms with E-state index in [0.717, 1.165) is 44.3 Å². The third-order valence-corrected chi connectivity index (χ3v) is 5.78. The van der Waals surface area contributed by atoms with Crippen LogP contribution >= 0.6 is 11.6 Å². The third-order valence-electron chi connectivity index (χ3n) is 5.56. The number of nitrogens with zero attached hydrogens (tertiary/aromatic N) is 2. The maximum absolute atomic E-state index is 14.7. The Bertz CT molecular complexity index is 1410. The summed E-state index contributed by atoms with van der Waals surface area (Å²) < 4.78 is 16.8. The van der Waals surface area contributed by atoms with Crippen LogP contribution in [0.4, 0.5) is 4.39 Å². The molecule has 1 aromatic heterocycles. The molecule has 4 aromatic carbocycles. The highest BCUT2D eigenvalue weighted by Gasteiger charge is 2.26. The number of halogens is 2. The van der Waals surface area contributed by atoms with Gasteiger partial charge in [-0.3, -0.25) is 0 Å². The molecule has 0 N–H and O–H groups in total. The Morgan fingerprint density at radius 3 is 2.57 bits per heavy atom. The van der Waals surface area contributed by atoms with Crippen LogP contribution in [0.25, 0.3) is 44.3 Å². The summed E-state index contributed by atoms with van der Waals surface area (Å²) in [6.07, 6.45) is 0. The quantitative estimate of drug-likeness (QED) is 0.309. The van der Waals surface area contributed by atoms with Crippen LogP contribution in [0.1, 0.15) is 5.56 Å². The smallest absolute Gasteiger partial charge is 0.142 e. The lowest BCUT2D eigenvalue weighted by Gasteiger charge is -2.21. The summed E-state index contributed by atoms with van der Waals surface area (Å²) in [6.45, 7) is 0.450. The molecule has 0 spiro atoms. The zero-order chi connectivity index (χ0) is 18.8. The monoisotopic (exact) mass is 384 g/mol. The van der Waals surface area contributed by atoms with Gasteiger partial charge >= 0.3 is 0 Å². The number of imidazole rings is 1. The molecular formula is C24H14ClFN2. The molecule has 0 aliphatic carbocycles. The van der Waals surface area contributed by atoms with E-state index in [4.69, 9.17) is 16.6 Å². The van der Waals surface area contributed by atoms with E-state index in [9.17, 15) is 4.39 Å². The van der Waals surface area contributed by atoms with Crippen molar-refractivity contribution in [2.24, 2.45) is 0 Å². The van der Waals surface area contributed by atoms with Gasteiger partial charge in [-0.25, -0.2) is 9.37 Å². The molecular weight excluding hydrogens is 371 g/mol. The number of aromatic nitrogens is 2. The van der Waals surface area contributed by atoms with Crippen LogP contribution in [0.15, 0.2) is 72.8 Å². The standard InChI is InChI=1S/C24H14ClFN2/c25-15-11-19-17-8-4-10-21(26)20(17)13-28-23(19)22(12-15)27-24(28)18-9-3-6-14-5-1-2-7-16(14)18/h1-12H,13H2. The van der Waals surface area contributed by atoms with Crippen molar-refractivity contribution in [1.29, 1.82) is 0 Å². The molecule has 0 radical (unpaired) electrons. The Hall–Kier alpha value is -3.17. The molecule has 28 heavy (non-hydrogen) atoms. The highest BCUT2D eigenvalue weighted by atomic mass is 35.5. The molecule has 1 aliphatic heterocycles. The van der Waals surface area contributed by atoms with Crippen molar-refractivity contribution in [1.82, 2.24) is 9.55 Å². The number of fused-ring (bicyclic) bond motifs is 3. The summed E-state index contributed by atoms with van der Waals surface area (Å²) in [4.78, 5) is 4.93. The van der Waals surface area contributed by atoms with E-state index < -0.39 is 0 Å². The molecule has 0 amide bonds. The number of hydrogen-bond donors (Lipinski definition) is 0. The first-order valence-corrected chi connectivity index (χ1v) is 9.54. The second-order valence-electron chi connectivity index (χ2n) is 7.14. The second kappa shape index (κ2) is 5.66. The van der Waals surface area contributed by atoms with Gasteiger partial charge in [0.25, 0.3) is 0 Å². The van der Waals surface area contributed by atoms with Gasteiger partial charge in [0, 0.05) is 21.7 Å². The van der Waals surface area contributed by atoms with Gasteiger partial charge in [-0.05, 0) is 34.5 Å². The summed E-state index contributed by atoms with van der Waals surface area (Å²) >= 11 is 6.39. The van der Waals surface area contributed by atoms with Crippen molar-refractivity contribution in [2.45, 2.75) is 6.54 Å². The van der Waals surface area contributed by atoms with Gasteiger partial charge in [-0.15, -0.1) is 0 Å². The van der Waals surface area contributed by atoms with Crippen molar-refractivity contribution in [3.05, 3.63) is 89.2 Å². The highest BCUT2D eigenvalue weighted by Crippen LogP contribution is 2.42. The molecule has 2 heterocycles. The van der Waals surface area contributed by atoms with Crippen LogP contribution in [0.5, 0.6) is 0 Å². The summed E-state index contributed by atoms with van der Waals surface area (Å²) in [5, 5.41) is 2.89. The van der Waals surface area contributed by atoms with Crippen molar-refractivity contribution in [3.8, 4) is 22.5 Å². The Morgan fingerprint density at radius 2 is 1.64 bits per heavy atom. The topological polar surface area (TPSA) is 17.8 Å². The minimum atomic E-state index is -0.200. The first-order chi connectivity index (χ1) is 13.7. The maximum atomic E-state index is 14.7. The molecule has 0 unspecified atom stereocenters. The van der Waals surface area contributed by atoms with Gasteiger partial charge in [0.2, 0.25) is 0 Å². The predicted molar refractivity (Wildman–Crippen MR) is 112 cm³/mol. The SMILES string of the molecule is Fc1cccc2c1Cn1c(-c3cccc4ccccc34)nc3cc(Cl)cc-2c31. The number of hydrogen-bond acceptors (Lipinski definition) is 1. The van der Waals surface area contributed by atoms with E-state index >= 15 is 0 Å². The van der Waals surface area contributed by atoms with Crippen LogP contribution in [0.3, 0.4) is 0 Å². The van der Waals surface area contributed by atoms with Crippen LogP contribution < -0.4 is 0 Å². The molecule has 0 atom stereocenters. The summed E-state index contributed by atoms with van der Waals surface area (Å²) in [5.74, 6) is 0.637. The van der Waals surface area contributed by atoms with Crippen LogP contribution in [-0.2, 0) is 6.54 Å². The van der Waals surface area contributed by atoms with E-state index in [1.165, 1.54) is 6.07 Å². The third kappa shape index (κ3) is 2.11. The molecule has 1 aliphatic rings. The zero-order valence-electron chi connectivity index (χ0n) is 14.8. The van der Waals surface area contributed by atoms with Gasteiger partial charge in [-0.1, -0.05) is 66.2 Å². The van der Waals surface area contributed by atoms with Crippen LogP contribution in [0, 0.1) is 5.82 Å². The van der Waals surface area contributed by atoms with Gasteiger partial charge in [0.15, 0.2) is 0 Å². The van der Waals surface area contributed by atoms with Crippen LogP contribution in [0.2, 0.25) is 5.02 Å². The molecule has 0 bridgehead atoms. The lowest BCUT2D eigenvalue weighted by atomic mass is 9.95. The fourth-order valence-electron chi connectivity index (χ4n) is 4.35. The van der Waals surface area contributed by atoms with Gasteiger partial charge < -0.3 is 4.57 Å². The molecule has 2 nitrogen and oxygen atoms in total. The Morgan fingerprint density at radius 1 is 0.857 bits per heavy atom. The van der Waals surface area contributed by atoms with E-state index in [-0.39, 0.29) is 5.82 Å². The molecule has 0 saturated carbocycles. The minimum Gasteiger partial charge on any atom is -0.319 e. The lowest BCUT2D eigenvalue weighted by Crippen LogP contribution is -2.10. The predicted octanol–water partition coefficient (Wildman–Crippen LogP) is 6.68. The molecule has 0 fully saturated rings. The first kappa shape index (κ1) is 15.8. The van der Waals surface area contributed by atoms with Crippen molar-refractivity contribution < 1.29 is 4.39 Å². The fraction of sp³-hybridized carbons (Fsp3) is 0.0417. The summed E-state index contributed by atoms with van der Waals surface area (Å²) in [6, 6.07) is 23.5. The highest BCUT2D eigenvalue weighted by molar-refractivity contribution is 6.32. The van der Waals surface area contributed by atoms with Gasteiger partial charge in [0.1, 0.15) is 11.6 Å². The molecule has 4 heteroatoms. The minimum absolute atomic E-state index is 0.200. The maximum Gasteiger partial charge on any atom is 0.142 e. The van der Waals surface area contributed by atoms with Crippen molar-refractivity contribution in [3.63, 3.8) is 0 Å². The van der Waals surface area contributed by atoms with Crippen LogP contribution in [-0.4, -0.2) is 9.55 Å². The van der Waals surface area contributed by atoms with Crippen molar-refractivity contribution in [2.75, 3.05) is 0 Å². The number of rotatable bonds is 1.